The van der Waals surface area contributed by atoms with E-state index in [1.807, 2.05) is 24.3 Å². The average Bonchev–Trinajstić information content (AvgIpc) is 2.87. The molecule has 1 N–H and O–H groups in total. The standard InChI is InChI=1S/C14H11BrN2O3/c1-7-11-12(14(18)19)8(2)20-13(11)17(16-7)10-6-4-3-5-9(10)15/h3-6H,1-2H3,(H,18,19). The Kier molecular flexibility index (Phi) is 2.90. The van der Waals surface area contributed by atoms with Gasteiger partial charge < -0.3 is 9.52 Å². The number of furan rings is 1. The van der Waals surface area contributed by atoms with Crippen molar-refractivity contribution in [2.75, 3.05) is 0 Å². The van der Waals surface area contributed by atoms with E-state index in [1.165, 1.54) is 0 Å². The quantitative estimate of drug-likeness (QED) is 0.775. The van der Waals surface area contributed by atoms with Crippen LogP contribution in [0.4, 0.5) is 0 Å². The minimum atomic E-state index is -1.00. The minimum absolute atomic E-state index is 0.177. The molecule has 0 atom stereocenters. The summed E-state index contributed by atoms with van der Waals surface area (Å²) in [7, 11) is 0. The summed E-state index contributed by atoms with van der Waals surface area (Å²) in [5.41, 5.74) is 2.06. The Morgan fingerprint density at radius 1 is 1.35 bits per heavy atom. The first-order valence-electron chi connectivity index (χ1n) is 5.97. The Balaban J connectivity index is 2.38. The molecule has 0 aliphatic carbocycles. The topological polar surface area (TPSA) is 68.3 Å². The predicted octanol–water partition coefficient (Wildman–Crippen LogP) is 3.70. The fourth-order valence-electron chi connectivity index (χ4n) is 2.30. The van der Waals surface area contributed by atoms with E-state index in [2.05, 4.69) is 21.0 Å². The molecule has 0 aliphatic rings. The number of carbonyl (C=O) groups is 1. The Bertz CT molecular complexity index is 832. The van der Waals surface area contributed by atoms with Crippen LogP contribution >= 0.6 is 15.9 Å². The van der Waals surface area contributed by atoms with E-state index in [0.29, 0.717) is 22.6 Å². The SMILES string of the molecule is Cc1oc2c(c(C)nn2-c2ccccc2Br)c1C(=O)O. The lowest BCUT2D eigenvalue weighted by molar-refractivity contribution is 0.0697. The second-order valence-electron chi connectivity index (χ2n) is 4.47. The van der Waals surface area contributed by atoms with Crippen molar-refractivity contribution in [3.8, 4) is 5.69 Å². The first-order chi connectivity index (χ1) is 9.50. The molecule has 0 unspecified atom stereocenters. The van der Waals surface area contributed by atoms with Crippen molar-refractivity contribution in [2.24, 2.45) is 0 Å². The minimum Gasteiger partial charge on any atom is -0.478 e. The van der Waals surface area contributed by atoms with Gasteiger partial charge >= 0.3 is 5.97 Å². The highest BCUT2D eigenvalue weighted by molar-refractivity contribution is 9.10. The van der Waals surface area contributed by atoms with Crippen molar-refractivity contribution >= 4 is 33.0 Å². The van der Waals surface area contributed by atoms with Crippen molar-refractivity contribution < 1.29 is 14.3 Å². The number of benzene rings is 1. The van der Waals surface area contributed by atoms with Gasteiger partial charge in [-0.1, -0.05) is 12.1 Å². The molecule has 0 radical (unpaired) electrons. The largest absolute Gasteiger partial charge is 0.478 e. The van der Waals surface area contributed by atoms with Gasteiger partial charge in [0.2, 0.25) is 5.71 Å². The molecule has 5 nitrogen and oxygen atoms in total. The van der Waals surface area contributed by atoms with Gasteiger partial charge in [-0.15, -0.1) is 0 Å². The zero-order valence-electron chi connectivity index (χ0n) is 10.8. The van der Waals surface area contributed by atoms with E-state index < -0.39 is 5.97 Å². The maximum Gasteiger partial charge on any atom is 0.340 e. The van der Waals surface area contributed by atoms with Gasteiger partial charge in [-0.2, -0.15) is 9.78 Å². The van der Waals surface area contributed by atoms with Gasteiger partial charge in [0.25, 0.3) is 0 Å². The number of halogens is 1. The van der Waals surface area contributed by atoms with Crippen LogP contribution in [0.1, 0.15) is 21.8 Å². The van der Waals surface area contributed by atoms with Crippen molar-refractivity contribution in [3.05, 3.63) is 45.8 Å². The molecule has 0 amide bonds. The number of aryl methyl sites for hydroxylation is 2. The lowest BCUT2D eigenvalue weighted by Gasteiger charge is -2.03. The molecule has 0 aliphatic heterocycles. The number of fused-ring (bicyclic) bond motifs is 1. The van der Waals surface area contributed by atoms with E-state index in [0.717, 1.165) is 10.2 Å². The highest BCUT2D eigenvalue weighted by atomic mass is 79.9. The van der Waals surface area contributed by atoms with Gasteiger partial charge in [-0.25, -0.2) is 4.79 Å². The first kappa shape index (κ1) is 12.9. The molecule has 2 aromatic heterocycles. The molecule has 0 fully saturated rings. The molecule has 20 heavy (non-hydrogen) atoms. The number of nitrogens with zero attached hydrogens (tertiary/aromatic N) is 2. The van der Waals surface area contributed by atoms with Gasteiger partial charge in [0.05, 0.1) is 16.8 Å². The Labute approximate surface area is 122 Å². The summed E-state index contributed by atoms with van der Waals surface area (Å²) in [6.45, 7) is 3.42. The predicted molar refractivity (Wildman–Crippen MR) is 77.5 cm³/mol. The van der Waals surface area contributed by atoms with Crippen molar-refractivity contribution in [1.82, 2.24) is 9.78 Å². The summed E-state index contributed by atoms with van der Waals surface area (Å²) in [6, 6.07) is 7.56. The van der Waals surface area contributed by atoms with E-state index in [4.69, 9.17) is 4.42 Å². The van der Waals surface area contributed by atoms with Crippen LogP contribution in [0.15, 0.2) is 33.2 Å². The lowest BCUT2D eigenvalue weighted by atomic mass is 10.1. The number of para-hydroxylation sites is 1. The van der Waals surface area contributed by atoms with Crippen LogP contribution in [0, 0.1) is 13.8 Å². The third-order valence-electron chi connectivity index (χ3n) is 3.16. The number of carboxylic acid groups (broad SMARTS) is 1. The van der Waals surface area contributed by atoms with Crippen LogP contribution in [0.25, 0.3) is 16.8 Å². The number of rotatable bonds is 2. The summed E-state index contributed by atoms with van der Waals surface area (Å²) < 4.78 is 8.10. The van der Waals surface area contributed by atoms with Gasteiger partial charge in [0.1, 0.15) is 11.3 Å². The van der Waals surface area contributed by atoms with E-state index in [-0.39, 0.29) is 5.56 Å². The summed E-state index contributed by atoms with van der Waals surface area (Å²) in [5.74, 6) is -0.621. The lowest BCUT2D eigenvalue weighted by Crippen LogP contribution is -1.98. The number of carboxylic acids is 1. The summed E-state index contributed by atoms with van der Waals surface area (Å²) in [5, 5.41) is 14.2. The van der Waals surface area contributed by atoms with Gasteiger partial charge in [0.15, 0.2) is 0 Å². The average molecular weight is 335 g/mol. The monoisotopic (exact) mass is 334 g/mol. The molecule has 6 heteroatoms. The van der Waals surface area contributed by atoms with Crippen LogP contribution in [0.3, 0.4) is 0 Å². The molecule has 3 rings (SSSR count). The Hall–Kier alpha value is -2.08. The van der Waals surface area contributed by atoms with Crippen LogP contribution in [0.5, 0.6) is 0 Å². The molecule has 3 aromatic rings. The van der Waals surface area contributed by atoms with Crippen LogP contribution in [0.2, 0.25) is 0 Å². The maximum atomic E-state index is 11.4. The number of aromatic carboxylic acids is 1. The molecule has 102 valence electrons. The summed E-state index contributed by atoms with van der Waals surface area (Å²) in [6.07, 6.45) is 0. The van der Waals surface area contributed by atoms with E-state index in [1.54, 1.807) is 18.5 Å². The normalized spacial score (nSPS) is 11.2. The fourth-order valence-corrected chi connectivity index (χ4v) is 2.76. The van der Waals surface area contributed by atoms with Crippen LogP contribution < -0.4 is 0 Å². The van der Waals surface area contributed by atoms with Crippen molar-refractivity contribution in [1.29, 1.82) is 0 Å². The Morgan fingerprint density at radius 3 is 2.70 bits per heavy atom. The molecule has 0 saturated heterocycles. The van der Waals surface area contributed by atoms with E-state index in [9.17, 15) is 9.90 Å². The zero-order chi connectivity index (χ0) is 14.4. The zero-order valence-corrected chi connectivity index (χ0v) is 12.4. The first-order valence-corrected chi connectivity index (χ1v) is 6.77. The second kappa shape index (κ2) is 4.49. The maximum absolute atomic E-state index is 11.4. The highest BCUT2D eigenvalue weighted by Gasteiger charge is 2.24. The van der Waals surface area contributed by atoms with Crippen LogP contribution in [-0.4, -0.2) is 20.9 Å². The van der Waals surface area contributed by atoms with E-state index >= 15 is 0 Å². The molecular weight excluding hydrogens is 324 g/mol. The van der Waals surface area contributed by atoms with Gasteiger partial charge in [0, 0.05) is 4.47 Å². The molecule has 0 saturated carbocycles. The molecular formula is C14H11BrN2O3. The van der Waals surface area contributed by atoms with Crippen LogP contribution in [-0.2, 0) is 0 Å². The summed E-state index contributed by atoms with van der Waals surface area (Å²) in [4.78, 5) is 11.4. The van der Waals surface area contributed by atoms with Crippen molar-refractivity contribution in [2.45, 2.75) is 13.8 Å². The second-order valence-corrected chi connectivity index (χ2v) is 5.32. The van der Waals surface area contributed by atoms with Gasteiger partial charge in [-0.3, -0.25) is 0 Å². The molecule has 0 spiro atoms. The fraction of sp³-hybridized carbons (Fsp3) is 0.143. The Morgan fingerprint density at radius 2 is 2.05 bits per heavy atom. The number of aromatic nitrogens is 2. The molecule has 1 aromatic carbocycles. The third kappa shape index (κ3) is 1.76. The van der Waals surface area contributed by atoms with Gasteiger partial charge in [-0.05, 0) is 41.9 Å². The molecule has 2 heterocycles. The summed E-state index contributed by atoms with van der Waals surface area (Å²) >= 11 is 3.46. The number of hydrogen-bond acceptors (Lipinski definition) is 3. The third-order valence-corrected chi connectivity index (χ3v) is 3.83. The number of hydrogen-bond donors (Lipinski definition) is 1. The van der Waals surface area contributed by atoms with Crippen molar-refractivity contribution in [3.63, 3.8) is 0 Å². The smallest absolute Gasteiger partial charge is 0.340 e. The highest BCUT2D eigenvalue weighted by Crippen LogP contribution is 2.32. The molecule has 0 bridgehead atoms.